The van der Waals surface area contributed by atoms with Crippen molar-refractivity contribution in [2.24, 2.45) is 5.73 Å². The van der Waals surface area contributed by atoms with Gasteiger partial charge in [-0.1, -0.05) is 0 Å². The highest BCUT2D eigenvalue weighted by Gasteiger charge is 2.40. The lowest BCUT2D eigenvalue weighted by molar-refractivity contribution is -0.148. The first-order valence-corrected chi connectivity index (χ1v) is 8.79. The molecule has 0 fully saturated rings. The van der Waals surface area contributed by atoms with Gasteiger partial charge in [0.1, 0.15) is 11.5 Å². The molecule has 1 aliphatic heterocycles. The smallest absolute Gasteiger partial charge is 0.335 e. The van der Waals surface area contributed by atoms with Gasteiger partial charge in [0, 0.05) is 31.6 Å². The Hall–Kier alpha value is -2.89. The van der Waals surface area contributed by atoms with Crippen molar-refractivity contribution in [1.29, 1.82) is 0 Å². The van der Waals surface area contributed by atoms with E-state index in [2.05, 4.69) is 4.98 Å². The maximum Gasteiger partial charge on any atom is 0.449 e. The number of nitrogens with zero attached hydrogens (tertiary/aromatic N) is 3. The van der Waals surface area contributed by atoms with Gasteiger partial charge in [-0.3, -0.25) is 9.59 Å². The molecule has 0 saturated heterocycles. The monoisotopic (exact) mass is 434 g/mol. The largest absolute Gasteiger partial charge is 0.449 e. The molecule has 0 bridgehead atoms. The zero-order valence-electron chi connectivity index (χ0n) is 15.3. The van der Waals surface area contributed by atoms with Crippen LogP contribution in [0.5, 0.6) is 0 Å². The summed E-state index contributed by atoms with van der Waals surface area (Å²) in [5, 5.41) is 0. The highest BCUT2D eigenvalue weighted by Crippen LogP contribution is 2.32. The number of aldehydes is 1. The second-order valence-corrected chi connectivity index (χ2v) is 6.88. The second kappa shape index (κ2) is 8.09. The number of rotatable bonds is 5. The fourth-order valence-corrected chi connectivity index (χ4v) is 3.34. The van der Waals surface area contributed by atoms with Crippen LogP contribution in [0.2, 0.25) is 0 Å². The molecule has 1 aliphatic rings. The van der Waals surface area contributed by atoms with Crippen LogP contribution in [-0.4, -0.2) is 39.2 Å². The van der Waals surface area contributed by atoms with Gasteiger partial charge in [-0.25, -0.2) is 18.2 Å². The van der Waals surface area contributed by atoms with Gasteiger partial charge >= 0.3 is 6.18 Å². The van der Waals surface area contributed by atoms with Gasteiger partial charge in [-0.15, -0.1) is 0 Å². The van der Waals surface area contributed by atoms with Crippen molar-refractivity contribution in [2.75, 3.05) is 6.54 Å². The Morgan fingerprint density at radius 3 is 2.47 bits per heavy atom. The van der Waals surface area contributed by atoms with E-state index in [1.54, 1.807) is 0 Å². The standard InChI is InChI=1S/C18H16F6N4O2/c19-11-6-13(21)12(20)4-9(11)3-10(25)5-16(30)27-1-2-28-15(7-27)14(8-29)26-17(28)18(22,23)24/h4,6,8,10H,1-3,5,7,25H2. The highest BCUT2D eigenvalue weighted by molar-refractivity contribution is 5.78. The number of hydrogen-bond donors (Lipinski definition) is 1. The number of imidazole rings is 1. The predicted octanol–water partition coefficient (Wildman–Crippen LogP) is 2.43. The Labute approximate surface area is 166 Å². The molecule has 0 spiro atoms. The third-order valence-corrected chi connectivity index (χ3v) is 4.76. The molecule has 3 rings (SSSR count). The molecule has 30 heavy (non-hydrogen) atoms. The zero-order chi connectivity index (χ0) is 22.2. The molecule has 2 heterocycles. The van der Waals surface area contributed by atoms with E-state index in [1.165, 1.54) is 4.90 Å². The molecule has 6 nitrogen and oxygen atoms in total. The quantitative estimate of drug-likeness (QED) is 0.445. The first kappa shape index (κ1) is 21.8. The molecular formula is C18H16F6N4O2. The molecule has 1 unspecified atom stereocenters. The molecule has 0 aliphatic carbocycles. The normalized spacial score (nSPS) is 15.1. The Bertz CT molecular complexity index is 988. The molecule has 2 N–H and O–H groups in total. The SMILES string of the molecule is NC(CC(=O)N1CCn2c(C(F)(F)F)nc(C=O)c2C1)Cc1cc(F)c(F)cc1F. The van der Waals surface area contributed by atoms with Crippen LogP contribution >= 0.6 is 0 Å². The number of fused-ring (bicyclic) bond motifs is 1. The maximum absolute atomic E-state index is 13.7. The minimum atomic E-state index is -4.75. The molecule has 1 aromatic heterocycles. The van der Waals surface area contributed by atoms with Gasteiger partial charge in [-0.05, 0) is 18.1 Å². The van der Waals surface area contributed by atoms with E-state index in [-0.39, 0.29) is 50.0 Å². The molecule has 12 heteroatoms. The average Bonchev–Trinajstić information content (AvgIpc) is 3.04. The van der Waals surface area contributed by atoms with Crippen LogP contribution in [0.1, 0.15) is 34.0 Å². The van der Waals surface area contributed by atoms with Crippen LogP contribution in [0.4, 0.5) is 26.3 Å². The summed E-state index contributed by atoms with van der Waals surface area (Å²) in [6.07, 6.45) is -5.13. The summed E-state index contributed by atoms with van der Waals surface area (Å²) >= 11 is 0. The number of aromatic nitrogens is 2. The number of nitrogens with two attached hydrogens (primary N) is 1. The van der Waals surface area contributed by atoms with Gasteiger partial charge < -0.3 is 15.2 Å². The molecule has 1 atom stereocenters. The number of carbonyl (C=O) groups excluding carboxylic acids is 2. The number of carbonyl (C=O) groups is 2. The van der Waals surface area contributed by atoms with Crippen LogP contribution in [0.3, 0.4) is 0 Å². The van der Waals surface area contributed by atoms with E-state index >= 15 is 0 Å². The van der Waals surface area contributed by atoms with Crippen LogP contribution in [0.25, 0.3) is 0 Å². The summed E-state index contributed by atoms with van der Waals surface area (Å²) in [6.45, 7) is -0.568. The van der Waals surface area contributed by atoms with Crippen molar-refractivity contribution < 1.29 is 35.9 Å². The molecule has 1 amide bonds. The summed E-state index contributed by atoms with van der Waals surface area (Å²) in [7, 11) is 0. The van der Waals surface area contributed by atoms with Gasteiger partial charge in [0.15, 0.2) is 17.9 Å². The average molecular weight is 434 g/mol. The first-order chi connectivity index (χ1) is 14.0. The second-order valence-electron chi connectivity index (χ2n) is 6.88. The van der Waals surface area contributed by atoms with Crippen molar-refractivity contribution in [2.45, 2.75) is 38.1 Å². The minimum Gasteiger partial charge on any atom is -0.335 e. The Morgan fingerprint density at radius 2 is 1.83 bits per heavy atom. The van der Waals surface area contributed by atoms with E-state index in [1.807, 2.05) is 0 Å². The number of amides is 1. The predicted molar refractivity (Wildman–Crippen MR) is 90.6 cm³/mol. The lowest BCUT2D eigenvalue weighted by atomic mass is 10.0. The van der Waals surface area contributed by atoms with Crippen LogP contribution in [0, 0.1) is 17.5 Å². The zero-order valence-corrected chi connectivity index (χ0v) is 15.3. The third kappa shape index (κ3) is 4.32. The summed E-state index contributed by atoms with van der Waals surface area (Å²) in [4.78, 5) is 28.1. The van der Waals surface area contributed by atoms with E-state index in [4.69, 9.17) is 5.73 Å². The van der Waals surface area contributed by atoms with Crippen molar-refractivity contribution >= 4 is 12.2 Å². The lowest BCUT2D eigenvalue weighted by Crippen LogP contribution is -2.42. The number of alkyl halides is 3. The summed E-state index contributed by atoms with van der Waals surface area (Å²) < 4.78 is 80.1. The van der Waals surface area contributed by atoms with Crippen molar-refractivity contribution in [3.05, 3.63) is 52.4 Å². The lowest BCUT2D eigenvalue weighted by Gasteiger charge is -2.30. The van der Waals surface area contributed by atoms with E-state index in [0.717, 1.165) is 4.57 Å². The molecule has 1 aromatic carbocycles. The molecular weight excluding hydrogens is 418 g/mol. The van der Waals surface area contributed by atoms with Crippen LogP contribution < -0.4 is 5.73 Å². The van der Waals surface area contributed by atoms with Crippen molar-refractivity contribution in [3.63, 3.8) is 0 Å². The summed E-state index contributed by atoms with van der Waals surface area (Å²) in [5.41, 5.74) is 5.17. The van der Waals surface area contributed by atoms with Gasteiger partial charge in [0.2, 0.25) is 11.7 Å². The number of halogens is 6. The topological polar surface area (TPSA) is 81.2 Å². The van der Waals surface area contributed by atoms with Crippen molar-refractivity contribution in [3.8, 4) is 0 Å². The molecule has 162 valence electrons. The third-order valence-electron chi connectivity index (χ3n) is 4.76. The van der Waals surface area contributed by atoms with Crippen LogP contribution in [0.15, 0.2) is 12.1 Å². The number of hydrogen-bond acceptors (Lipinski definition) is 4. The van der Waals surface area contributed by atoms with Crippen LogP contribution in [-0.2, 0) is 30.5 Å². The molecule has 0 radical (unpaired) electrons. The van der Waals surface area contributed by atoms with Crippen molar-refractivity contribution in [1.82, 2.24) is 14.5 Å². The Morgan fingerprint density at radius 1 is 1.17 bits per heavy atom. The van der Waals surface area contributed by atoms with E-state index < -0.39 is 47.1 Å². The van der Waals surface area contributed by atoms with E-state index in [0.29, 0.717) is 12.1 Å². The first-order valence-electron chi connectivity index (χ1n) is 8.79. The maximum atomic E-state index is 13.7. The highest BCUT2D eigenvalue weighted by atomic mass is 19.4. The number of benzene rings is 1. The fraction of sp³-hybridized carbons (Fsp3) is 0.389. The Balaban J connectivity index is 1.70. The molecule has 2 aromatic rings. The Kier molecular flexibility index (Phi) is 5.88. The summed E-state index contributed by atoms with van der Waals surface area (Å²) in [6, 6.07) is 0.0909. The van der Waals surface area contributed by atoms with Gasteiger partial charge in [0.25, 0.3) is 0 Å². The van der Waals surface area contributed by atoms with Gasteiger partial charge in [0.05, 0.1) is 12.2 Å². The fourth-order valence-electron chi connectivity index (χ4n) is 3.34. The summed E-state index contributed by atoms with van der Waals surface area (Å²) in [5.74, 6) is -5.36. The van der Waals surface area contributed by atoms with Gasteiger partial charge in [-0.2, -0.15) is 13.2 Å². The molecule has 0 saturated carbocycles. The minimum absolute atomic E-state index is 0.0443. The van der Waals surface area contributed by atoms with E-state index in [9.17, 15) is 35.9 Å².